The molecule has 1 heterocycles. The van der Waals surface area contributed by atoms with E-state index in [9.17, 15) is 9.59 Å². The van der Waals surface area contributed by atoms with Crippen LogP contribution in [0.5, 0.6) is 0 Å². The Bertz CT molecular complexity index is 379. The van der Waals surface area contributed by atoms with Crippen molar-refractivity contribution in [3.8, 4) is 0 Å². The number of carbonyl (C=O) groups excluding carboxylic acids is 2. The van der Waals surface area contributed by atoms with Gasteiger partial charge in [0.25, 0.3) is 6.23 Å². The maximum atomic E-state index is 12.0. The van der Waals surface area contributed by atoms with E-state index in [2.05, 4.69) is 0 Å². The van der Waals surface area contributed by atoms with Crippen LogP contribution in [0, 0.1) is 0 Å². The quantitative estimate of drug-likeness (QED) is 0.339. The largest absolute Gasteiger partial charge is 0.411 e. The summed E-state index contributed by atoms with van der Waals surface area (Å²) in [5.74, 6) is -0.355. The van der Waals surface area contributed by atoms with Crippen molar-refractivity contribution in [1.82, 2.24) is 9.32 Å². The van der Waals surface area contributed by atoms with Crippen LogP contribution in [-0.2, 0) is 9.53 Å². The number of halogens is 1. The molecule has 1 aliphatic heterocycles. The fourth-order valence-corrected chi connectivity index (χ4v) is 2.10. The van der Waals surface area contributed by atoms with Gasteiger partial charge in [-0.15, -0.1) is 0 Å². The number of ether oxygens (including phenoxy) is 1. The van der Waals surface area contributed by atoms with Gasteiger partial charge in [-0.05, 0) is 13.8 Å². The number of nitrogens with zero attached hydrogens (tertiary/aromatic N) is 3. The predicted octanol–water partition coefficient (Wildman–Crippen LogP) is 1.25. The van der Waals surface area contributed by atoms with Gasteiger partial charge < -0.3 is 9.64 Å². The fourth-order valence-electron chi connectivity index (χ4n) is 1.94. The second kappa shape index (κ2) is 5.17. The van der Waals surface area contributed by atoms with Crippen LogP contribution in [-0.4, -0.2) is 71.8 Å². The Morgan fingerprint density at radius 3 is 2.32 bits per heavy atom. The standard InChI is InChI=1S/C12H23ClN3O3/c1-9(17)19-10(16(4,5)6)7-14-8-12(2,3)15(13)11(14)18/h10H,7-8H2,1-6H3/q+1. The minimum atomic E-state index is -0.426. The Hall–Kier alpha value is -1.01. The van der Waals surface area contributed by atoms with Crippen molar-refractivity contribution in [3.63, 3.8) is 0 Å². The van der Waals surface area contributed by atoms with Gasteiger partial charge in [0, 0.05) is 25.2 Å². The predicted molar refractivity (Wildman–Crippen MR) is 72.3 cm³/mol. The van der Waals surface area contributed by atoms with Gasteiger partial charge in [0.15, 0.2) is 0 Å². The van der Waals surface area contributed by atoms with Crippen LogP contribution in [0.3, 0.4) is 0 Å². The molecule has 0 aromatic carbocycles. The molecule has 1 saturated heterocycles. The lowest BCUT2D eigenvalue weighted by Gasteiger charge is -2.34. The molecule has 110 valence electrons. The zero-order valence-electron chi connectivity index (χ0n) is 12.4. The highest BCUT2D eigenvalue weighted by molar-refractivity contribution is 6.22. The van der Waals surface area contributed by atoms with Gasteiger partial charge in [0.2, 0.25) is 0 Å². The molecule has 0 radical (unpaired) electrons. The number of amides is 2. The zero-order valence-corrected chi connectivity index (χ0v) is 13.2. The highest BCUT2D eigenvalue weighted by atomic mass is 35.5. The number of rotatable bonds is 4. The van der Waals surface area contributed by atoms with Crippen LogP contribution in [0.4, 0.5) is 4.79 Å². The molecule has 6 nitrogen and oxygen atoms in total. The van der Waals surface area contributed by atoms with E-state index in [1.165, 1.54) is 11.3 Å². The summed E-state index contributed by atoms with van der Waals surface area (Å²) < 4.78 is 6.93. The molecular weight excluding hydrogens is 270 g/mol. The number of likely N-dealkylation sites (N-methyl/N-ethyl adjacent to an activating group) is 1. The third-order valence-electron chi connectivity index (χ3n) is 3.09. The smallest absolute Gasteiger partial charge is 0.335 e. The van der Waals surface area contributed by atoms with Crippen molar-refractivity contribution in [3.05, 3.63) is 0 Å². The van der Waals surface area contributed by atoms with Crippen molar-refractivity contribution >= 4 is 23.8 Å². The summed E-state index contributed by atoms with van der Waals surface area (Å²) in [5, 5.41) is 0. The van der Waals surface area contributed by atoms with Gasteiger partial charge in [-0.3, -0.25) is 9.28 Å². The molecule has 0 N–H and O–H groups in total. The van der Waals surface area contributed by atoms with E-state index in [0.717, 1.165) is 0 Å². The van der Waals surface area contributed by atoms with Crippen molar-refractivity contribution in [2.45, 2.75) is 32.5 Å². The summed E-state index contributed by atoms with van der Waals surface area (Å²) in [6, 6.07) is -0.253. The maximum Gasteiger partial charge on any atom is 0.335 e. The van der Waals surface area contributed by atoms with E-state index in [1.807, 2.05) is 35.0 Å². The minimum absolute atomic E-state index is 0.253. The van der Waals surface area contributed by atoms with Gasteiger partial charge in [-0.25, -0.2) is 9.21 Å². The van der Waals surface area contributed by atoms with Crippen molar-refractivity contribution in [2.75, 3.05) is 34.2 Å². The number of quaternary nitrogens is 1. The number of carbonyl (C=O) groups is 2. The van der Waals surface area contributed by atoms with Crippen LogP contribution < -0.4 is 0 Å². The van der Waals surface area contributed by atoms with Crippen LogP contribution >= 0.6 is 11.8 Å². The third kappa shape index (κ3) is 3.73. The number of urea groups is 1. The van der Waals surface area contributed by atoms with Crippen LogP contribution in [0.25, 0.3) is 0 Å². The second-order valence-corrected chi connectivity index (χ2v) is 6.77. The lowest BCUT2D eigenvalue weighted by atomic mass is 10.1. The summed E-state index contributed by atoms with van der Waals surface area (Å²) in [6.07, 6.45) is -0.416. The molecule has 1 unspecified atom stereocenters. The van der Waals surface area contributed by atoms with Gasteiger partial charge in [-0.1, -0.05) is 0 Å². The molecule has 0 aromatic rings. The third-order valence-corrected chi connectivity index (χ3v) is 3.69. The Balaban J connectivity index is 2.81. The van der Waals surface area contributed by atoms with Crippen molar-refractivity contribution < 1.29 is 18.8 Å². The molecule has 0 aromatic heterocycles. The van der Waals surface area contributed by atoms with Crippen LogP contribution in [0.2, 0.25) is 0 Å². The number of hydrogen-bond acceptors (Lipinski definition) is 3. The highest BCUT2D eigenvalue weighted by Gasteiger charge is 2.45. The summed E-state index contributed by atoms with van der Waals surface area (Å²) in [6.45, 7) is 5.99. The average molecular weight is 293 g/mol. The summed E-state index contributed by atoms with van der Waals surface area (Å²) in [4.78, 5) is 24.8. The number of esters is 1. The SMILES string of the molecule is CC(=O)OC(CN1CC(C)(C)N(Cl)C1=O)[N+](C)(C)C. The first kappa shape index (κ1) is 16.0. The van der Waals surface area contributed by atoms with E-state index in [1.54, 1.807) is 4.90 Å². The number of hydrogen-bond donors (Lipinski definition) is 0. The van der Waals surface area contributed by atoms with Crippen LogP contribution in [0.15, 0.2) is 0 Å². The molecule has 7 heteroatoms. The molecule has 1 rings (SSSR count). The van der Waals surface area contributed by atoms with Crippen molar-refractivity contribution in [2.24, 2.45) is 0 Å². The lowest BCUT2D eigenvalue weighted by molar-refractivity contribution is -0.916. The van der Waals surface area contributed by atoms with Gasteiger partial charge in [0.05, 0.1) is 26.7 Å². The summed E-state index contributed by atoms with van der Waals surface area (Å²) >= 11 is 5.98. The summed E-state index contributed by atoms with van der Waals surface area (Å²) in [5.41, 5.74) is -0.426. The molecule has 0 saturated carbocycles. The van der Waals surface area contributed by atoms with E-state index in [4.69, 9.17) is 16.5 Å². The Kier molecular flexibility index (Phi) is 4.37. The first-order valence-corrected chi connectivity index (χ1v) is 6.52. The molecule has 0 aliphatic carbocycles. The van der Waals surface area contributed by atoms with E-state index >= 15 is 0 Å². The van der Waals surface area contributed by atoms with Crippen molar-refractivity contribution in [1.29, 1.82) is 0 Å². The maximum absolute atomic E-state index is 12.0. The fraction of sp³-hybridized carbons (Fsp3) is 0.833. The second-order valence-electron chi connectivity index (χ2n) is 6.44. The Morgan fingerprint density at radius 1 is 1.47 bits per heavy atom. The normalized spacial score (nSPS) is 20.7. The summed E-state index contributed by atoms with van der Waals surface area (Å²) in [7, 11) is 5.74. The first-order valence-electron chi connectivity index (χ1n) is 6.18. The van der Waals surface area contributed by atoms with Crippen LogP contribution in [0.1, 0.15) is 20.8 Å². The Labute approximate surface area is 119 Å². The minimum Gasteiger partial charge on any atom is -0.411 e. The van der Waals surface area contributed by atoms with E-state index in [-0.39, 0.29) is 12.0 Å². The van der Waals surface area contributed by atoms with E-state index < -0.39 is 11.8 Å². The molecule has 1 atom stereocenters. The van der Waals surface area contributed by atoms with E-state index in [0.29, 0.717) is 17.6 Å². The molecular formula is C12H23ClN3O3+. The lowest BCUT2D eigenvalue weighted by Crippen LogP contribution is -2.53. The average Bonchev–Trinajstić information content (AvgIpc) is 2.39. The molecule has 2 amide bonds. The molecule has 0 bridgehead atoms. The zero-order chi connectivity index (χ0) is 15.0. The topological polar surface area (TPSA) is 49.9 Å². The van der Waals surface area contributed by atoms with Gasteiger partial charge in [-0.2, -0.15) is 0 Å². The first-order chi connectivity index (χ1) is 8.45. The molecule has 1 aliphatic rings. The van der Waals surface area contributed by atoms with Gasteiger partial charge >= 0.3 is 12.0 Å². The monoisotopic (exact) mass is 292 g/mol. The highest BCUT2D eigenvalue weighted by Crippen LogP contribution is 2.28. The molecule has 0 spiro atoms. The van der Waals surface area contributed by atoms with Gasteiger partial charge in [0.1, 0.15) is 6.54 Å². The Morgan fingerprint density at radius 2 is 2.00 bits per heavy atom. The molecule has 19 heavy (non-hydrogen) atoms. The molecule has 1 fully saturated rings.